The molecule has 1 nitrogen and oxygen atoms in total. The summed E-state index contributed by atoms with van der Waals surface area (Å²) in [5, 5.41) is 3.36. The van der Waals surface area contributed by atoms with Crippen molar-refractivity contribution >= 4 is 0 Å². The van der Waals surface area contributed by atoms with Gasteiger partial charge in [-0.25, -0.2) is 0 Å². The third kappa shape index (κ3) is 3.49. The van der Waals surface area contributed by atoms with Crippen LogP contribution in [0.2, 0.25) is 0 Å². The van der Waals surface area contributed by atoms with E-state index in [4.69, 9.17) is 0 Å². The van der Waals surface area contributed by atoms with Gasteiger partial charge in [0.15, 0.2) is 0 Å². The van der Waals surface area contributed by atoms with E-state index in [1.165, 1.54) is 27.8 Å². The van der Waals surface area contributed by atoms with Crippen molar-refractivity contribution in [1.82, 2.24) is 5.32 Å². The zero-order valence-corrected chi connectivity index (χ0v) is 12.9. The van der Waals surface area contributed by atoms with E-state index in [2.05, 4.69) is 68.6 Å². The Bertz CT molecular complexity index is 540. The van der Waals surface area contributed by atoms with E-state index in [1.54, 1.807) is 0 Å². The molecule has 2 aromatic carbocycles. The Kier molecular flexibility index (Phi) is 5.37. The summed E-state index contributed by atoms with van der Waals surface area (Å²) < 4.78 is 0. The highest BCUT2D eigenvalue weighted by molar-refractivity contribution is 5.65. The van der Waals surface area contributed by atoms with Gasteiger partial charge in [0.1, 0.15) is 0 Å². The van der Waals surface area contributed by atoms with Crippen molar-refractivity contribution in [2.75, 3.05) is 6.54 Å². The molecule has 2 aromatic rings. The summed E-state index contributed by atoms with van der Waals surface area (Å²) >= 11 is 0. The molecule has 0 saturated carbocycles. The maximum atomic E-state index is 3.36. The fraction of sp³-hybridized carbons (Fsp3) is 0.368. The Morgan fingerprint density at radius 2 is 1.40 bits per heavy atom. The molecule has 1 heteroatoms. The molecule has 0 amide bonds. The molecule has 2 rings (SSSR count). The minimum atomic E-state index is 0.950. The lowest BCUT2D eigenvalue weighted by Crippen LogP contribution is -2.11. The standard InChI is InChI=1S/C19H25N/c1-4-16-11-12-19(13-17(16)5-2)18-9-7-15(8-10-18)14-20-6-3/h7-13,20H,4-6,14H2,1-3H3. The highest BCUT2D eigenvalue weighted by Crippen LogP contribution is 2.24. The minimum absolute atomic E-state index is 0.950. The lowest BCUT2D eigenvalue weighted by molar-refractivity contribution is 0.727. The van der Waals surface area contributed by atoms with Gasteiger partial charge in [-0.3, -0.25) is 0 Å². The number of rotatable bonds is 6. The monoisotopic (exact) mass is 267 g/mol. The van der Waals surface area contributed by atoms with Crippen LogP contribution in [0.25, 0.3) is 11.1 Å². The van der Waals surface area contributed by atoms with Crippen molar-refractivity contribution in [1.29, 1.82) is 0 Å². The molecule has 0 aliphatic heterocycles. The smallest absolute Gasteiger partial charge is 0.0205 e. The first-order valence-corrected chi connectivity index (χ1v) is 7.70. The molecular formula is C19H25N. The molecule has 106 valence electrons. The van der Waals surface area contributed by atoms with Crippen LogP contribution >= 0.6 is 0 Å². The van der Waals surface area contributed by atoms with Crippen LogP contribution in [-0.4, -0.2) is 6.54 Å². The normalized spacial score (nSPS) is 10.8. The molecule has 20 heavy (non-hydrogen) atoms. The van der Waals surface area contributed by atoms with Crippen LogP contribution in [0.3, 0.4) is 0 Å². The summed E-state index contributed by atoms with van der Waals surface area (Å²) in [6, 6.07) is 15.8. The van der Waals surface area contributed by atoms with Gasteiger partial charge in [-0.2, -0.15) is 0 Å². The van der Waals surface area contributed by atoms with E-state index in [0.29, 0.717) is 0 Å². The predicted octanol–water partition coefficient (Wildman–Crippen LogP) is 4.59. The van der Waals surface area contributed by atoms with Gasteiger partial charge in [0.05, 0.1) is 0 Å². The Morgan fingerprint density at radius 1 is 0.750 bits per heavy atom. The van der Waals surface area contributed by atoms with E-state index >= 15 is 0 Å². The SMILES string of the molecule is CCNCc1ccc(-c2ccc(CC)c(CC)c2)cc1. The molecule has 0 heterocycles. The van der Waals surface area contributed by atoms with E-state index in [-0.39, 0.29) is 0 Å². The molecular weight excluding hydrogens is 242 g/mol. The van der Waals surface area contributed by atoms with Crippen LogP contribution < -0.4 is 5.32 Å². The third-order valence-electron chi connectivity index (χ3n) is 3.83. The predicted molar refractivity (Wildman–Crippen MR) is 88.0 cm³/mol. The first kappa shape index (κ1) is 14.8. The molecule has 1 N–H and O–H groups in total. The highest BCUT2D eigenvalue weighted by Gasteiger charge is 2.03. The Balaban J connectivity index is 2.22. The third-order valence-corrected chi connectivity index (χ3v) is 3.83. The first-order chi connectivity index (χ1) is 9.78. The molecule has 0 aliphatic carbocycles. The molecule has 0 unspecified atom stereocenters. The number of aryl methyl sites for hydroxylation is 2. The van der Waals surface area contributed by atoms with Crippen molar-refractivity contribution in [2.45, 2.75) is 40.2 Å². The van der Waals surface area contributed by atoms with Crippen molar-refractivity contribution in [2.24, 2.45) is 0 Å². The zero-order chi connectivity index (χ0) is 14.4. The van der Waals surface area contributed by atoms with Crippen LogP contribution in [0.1, 0.15) is 37.5 Å². The van der Waals surface area contributed by atoms with Crippen LogP contribution in [0, 0.1) is 0 Å². The number of hydrogen-bond donors (Lipinski definition) is 1. The largest absolute Gasteiger partial charge is 0.313 e. The maximum Gasteiger partial charge on any atom is 0.0205 e. The molecule has 0 saturated heterocycles. The topological polar surface area (TPSA) is 12.0 Å². The minimum Gasteiger partial charge on any atom is -0.313 e. The van der Waals surface area contributed by atoms with Gasteiger partial charge in [-0.1, -0.05) is 63.2 Å². The molecule has 0 atom stereocenters. The summed E-state index contributed by atoms with van der Waals surface area (Å²) in [6.07, 6.45) is 2.22. The van der Waals surface area contributed by atoms with Gasteiger partial charge >= 0.3 is 0 Å². The van der Waals surface area contributed by atoms with Gasteiger partial charge in [-0.15, -0.1) is 0 Å². The Hall–Kier alpha value is -1.60. The van der Waals surface area contributed by atoms with Gasteiger partial charge in [0.2, 0.25) is 0 Å². The Morgan fingerprint density at radius 3 is 2.00 bits per heavy atom. The molecule has 0 radical (unpaired) electrons. The molecule has 0 fully saturated rings. The molecule has 0 aromatic heterocycles. The zero-order valence-electron chi connectivity index (χ0n) is 12.9. The average Bonchev–Trinajstić information content (AvgIpc) is 2.52. The quantitative estimate of drug-likeness (QED) is 0.807. The highest BCUT2D eigenvalue weighted by atomic mass is 14.8. The Labute approximate surface area is 123 Å². The summed E-state index contributed by atoms with van der Waals surface area (Å²) in [6.45, 7) is 8.56. The van der Waals surface area contributed by atoms with Crippen LogP contribution in [-0.2, 0) is 19.4 Å². The summed E-state index contributed by atoms with van der Waals surface area (Å²) in [5.41, 5.74) is 6.93. The van der Waals surface area contributed by atoms with Gasteiger partial charge in [0, 0.05) is 6.54 Å². The fourth-order valence-corrected chi connectivity index (χ4v) is 2.56. The molecule has 0 aliphatic rings. The lowest BCUT2D eigenvalue weighted by Gasteiger charge is -2.10. The van der Waals surface area contributed by atoms with Gasteiger partial charge < -0.3 is 5.32 Å². The van der Waals surface area contributed by atoms with Gasteiger partial charge in [0.25, 0.3) is 0 Å². The van der Waals surface area contributed by atoms with E-state index in [0.717, 1.165) is 25.9 Å². The molecule has 0 spiro atoms. The van der Waals surface area contributed by atoms with Crippen molar-refractivity contribution in [3.63, 3.8) is 0 Å². The van der Waals surface area contributed by atoms with Crippen molar-refractivity contribution in [3.05, 3.63) is 59.2 Å². The van der Waals surface area contributed by atoms with Crippen molar-refractivity contribution in [3.8, 4) is 11.1 Å². The summed E-state index contributed by atoms with van der Waals surface area (Å²) in [5.74, 6) is 0. The first-order valence-electron chi connectivity index (χ1n) is 7.70. The number of hydrogen-bond acceptors (Lipinski definition) is 1. The average molecular weight is 267 g/mol. The van der Waals surface area contributed by atoms with Crippen LogP contribution in [0.15, 0.2) is 42.5 Å². The van der Waals surface area contributed by atoms with Crippen LogP contribution in [0.5, 0.6) is 0 Å². The van der Waals surface area contributed by atoms with Gasteiger partial charge in [-0.05, 0) is 47.2 Å². The number of nitrogens with one attached hydrogen (secondary N) is 1. The lowest BCUT2D eigenvalue weighted by atomic mass is 9.96. The van der Waals surface area contributed by atoms with E-state index in [9.17, 15) is 0 Å². The van der Waals surface area contributed by atoms with E-state index < -0.39 is 0 Å². The van der Waals surface area contributed by atoms with E-state index in [1.807, 2.05) is 0 Å². The molecule has 0 bridgehead atoms. The summed E-state index contributed by atoms with van der Waals surface area (Å²) in [7, 11) is 0. The fourth-order valence-electron chi connectivity index (χ4n) is 2.56. The second-order valence-electron chi connectivity index (χ2n) is 5.17. The second kappa shape index (κ2) is 7.25. The summed E-state index contributed by atoms with van der Waals surface area (Å²) in [4.78, 5) is 0. The van der Waals surface area contributed by atoms with Crippen molar-refractivity contribution < 1.29 is 0 Å². The van der Waals surface area contributed by atoms with Crippen LogP contribution in [0.4, 0.5) is 0 Å². The second-order valence-corrected chi connectivity index (χ2v) is 5.17. The maximum absolute atomic E-state index is 3.36. The number of benzene rings is 2.